The summed E-state index contributed by atoms with van der Waals surface area (Å²) in [6.45, 7) is 0.0188. The lowest BCUT2D eigenvalue weighted by molar-refractivity contribution is -0.118. The molecule has 21 heavy (non-hydrogen) atoms. The Labute approximate surface area is 128 Å². The zero-order valence-corrected chi connectivity index (χ0v) is 13.3. The molecule has 0 aliphatic carbocycles. The van der Waals surface area contributed by atoms with E-state index in [4.69, 9.17) is 11.6 Å². The van der Waals surface area contributed by atoms with Crippen LogP contribution in [0.2, 0.25) is 5.02 Å². The molecule has 0 aromatic heterocycles. The number of hydrogen-bond donors (Lipinski definition) is 0. The fourth-order valence-corrected chi connectivity index (χ4v) is 2.87. The summed E-state index contributed by atoms with van der Waals surface area (Å²) in [6, 6.07) is 2.68. The van der Waals surface area contributed by atoms with E-state index in [1.54, 1.807) is 0 Å². The number of fused-ring (bicyclic) bond motifs is 1. The van der Waals surface area contributed by atoms with Crippen molar-refractivity contribution in [2.45, 2.75) is 12.8 Å². The van der Waals surface area contributed by atoms with Gasteiger partial charge in [0, 0.05) is 18.6 Å². The van der Waals surface area contributed by atoms with E-state index in [0.29, 0.717) is 30.0 Å². The molecule has 0 saturated carbocycles. The van der Waals surface area contributed by atoms with Crippen LogP contribution in [-0.4, -0.2) is 45.0 Å². The highest BCUT2D eigenvalue weighted by atomic mass is 35.5. The van der Waals surface area contributed by atoms with Crippen LogP contribution in [0, 0.1) is 5.82 Å². The van der Waals surface area contributed by atoms with E-state index in [0.717, 1.165) is 10.6 Å². The molecule has 1 aliphatic rings. The summed E-state index contributed by atoms with van der Waals surface area (Å²) in [4.78, 5) is 13.6. The zero-order valence-electron chi connectivity index (χ0n) is 11.8. The van der Waals surface area contributed by atoms with E-state index in [-0.39, 0.29) is 12.2 Å². The molecule has 1 amide bonds. The van der Waals surface area contributed by atoms with E-state index in [1.807, 2.05) is 0 Å². The number of likely N-dealkylation sites (N-methyl/N-ethyl adjacent to an activating group) is 1. The lowest BCUT2D eigenvalue weighted by atomic mass is 10.0. The van der Waals surface area contributed by atoms with Gasteiger partial charge in [-0.05, 0) is 30.5 Å². The van der Waals surface area contributed by atoms with Gasteiger partial charge in [-0.1, -0.05) is 11.6 Å². The standard InChI is InChI=1S/C13H16ClFN2O3S/c1-16(21(2,19)20)8-12(18)17-7-3-4-9-10(14)5-6-11(15)13(9)17/h5-6H,3-4,7-8H2,1-2H3. The van der Waals surface area contributed by atoms with Crippen LogP contribution in [0.5, 0.6) is 0 Å². The minimum atomic E-state index is -3.47. The first-order valence-electron chi connectivity index (χ1n) is 6.40. The van der Waals surface area contributed by atoms with Crippen LogP contribution in [0.3, 0.4) is 0 Å². The molecule has 0 radical (unpaired) electrons. The number of amides is 1. The van der Waals surface area contributed by atoms with Gasteiger partial charge in [0.2, 0.25) is 15.9 Å². The van der Waals surface area contributed by atoms with Gasteiger partial charge in [0.05, 0.1) is 18.5 Å². The van der Waals surface area contributed by atoms with Crippen molar-refractivity contribution in [2.75, 3.05) is 31.3 Å². The SMILES string of the molecule is CN(CC(=O)N1CCCc2c(Cl)ccc(F)c21)S(C)(=O)=O. The second-order valence-corrected chi connectivity index (χ2v) is 7.52. The van der Waals surface area contributed by atoms with Crippen molar-refractivity contribution in [1.29, 1.82) is 0 Å². The van der Waals surface area contributed by atoms with Crippen molar-refractivity contribution >= 4 is 33.2 Å². The van der Waals surface area contributed by atoms with Gasteiger partial charge in [-0.3, -0.25) is 4.79 Å². The van der Waals surface area contributed by atoms with Crippen molar-refractivity contribution in [1.82, 2.24) is 4.31 Å². The molecule has 1 aromatic carbocycles. The van der Waals surface area contributed by atoms with Gasteiger partial charge >= 0.3 is 0 Å². The summed E-state index contributed by atoms with van der Waals surface area (Å²) >= 11 is 6.05. The van der Waals surface area contributed by atoms with Crippen LogP contribution < -0.4 is 4.90 Å². The second-order valence-electron chi connectivity index (χ2n) is 5.02. The second kappa shape index (κ2) is 5.90. The Bertz CT molecular complexity index is 678. The molecule has 116 valence electrons. The maximum Gasteiger partial charge on any atom is 0.242 e. The van der Waals surface area contributed by atoms with Gasteiger partial charge in [0.1, 0.15) is 5.82 Å². The largest absolute Gasteiger partial charge is 0.308 e. The highest BCUT2D eigenvalue weighted by Crippen LogP contribution is 2.35. The third-order valence-electron chi connectivity index (χ3n) is 3.48. The third kappa shape index (κ3) is 3.36. The van der Waals surface area contributed by atoms with E-state index in [9.17, 15) is 17.6 Å². The predicted molar refractivity (Wildman–Crippen MR) is 79.6 cm³/mol. The van der Waals surface area contributed by atoms with Crippen molar-refractivity contribution in [2.24, 2.45) is 0 Å². The molecule has 0 bridgehead atoms. The molecule has 2 rings (SSSR count). The van der Waals surface area contributed by atoms with Crippen LogP contribution in [0.1, 0.15) is 12.0 Å². The van der Waals surface area contributed by atoms with E-state index >= 15 is 0 Å². The Morgan fingerprint density at radius 1 is 1.48 bits per heavy atom. The quantitative estimate of drug-likeness (QED) is 0.844. The van der Waals surface area contributed by atoms with Crippen molar-refractivity contribution in [3.63, 3.8) is 0 Å². The summed E-state index contributed by atoms with van der Waals surface area (Å²) in [7, 11) is -2.15. The number of carbonyl (C=O) groups is 1. The number of carbonyl (C=O) groups excluding carboxylic acids is 1. The summed E-state index contributed by atoms with van der Waals surface area (Å²) in [5.41, 5.74) is 0.763. The lowest BCUT2D eigenvalue weighted by Crippen LogP contribution is -2.43. The first kappa shape index (κ1) is 16.2. The molecular formula is C13H16ClFN2O3S. The average Bonchev–Trinajstić information content (AvgIpc) is 2.41. The molecule has 0 N–H and O–H groups in total. The van der Waals surface area contributed by atoms with E-state index in [1.165, 1.54) is 24.1 Å². The maximum absolute atomic E-state index is 14.0. The van der Waals surface area contributed by atoms with Crippen molar-refractivity contribution < 1.29 is 17.6 Å². The minimum absolute atomic E-state index is 0.167. The Morgan fingerprint density at radius 3 is 2.76 bits per heavy atom. The zero-order chi connectivity index (χ0) is 15.8. The Morgan fingerprint density at radius 2 is 2.14 bits per heavy atom. The van der Waals surface area contributed by atoms with E-state index < -0.39 is 21.7 Å². The minimum Gasteiger partial charge on any atom is -0.308 e. The fraction of sp³-hybridized carbons (Fsp3) is 0.462. The molecule has 1 aliphatic heterocycles. The Balaban J connectivity index is 2.32. The monoisotopic (exact) mass is 334 g/mol. The molecule has 0 spiro atoms. The number of nitrogens with zero attached hydrogens (tertiary/aromatic N) is 2. The van der Waals surface area contributed by atoms with Crippen LogP contribution in [-0.2, 0) is 21.2 Å². The first-order valence-corrected chi connectivity index (χ1v) is 8.63. The first-order chi connectivity index (χ1) is 9.71. The normalized spacial score (nSPS) is 15.2. The molecule has 8 heteroatoms. The molecule has 0 fully saturated rings. The summed E-state index contributed by atoms with van der Waals surface area (Å²) < 4.78 is 37.7. The van der Waals surface area contributed by atoms with Crippen molar-refractivity contribution in [3.8, 4) is 0 Å². The van der Waals surface area contributed by atoms with Gasteiger partial charge in [-0.2, -0.15) is 4.31 Å². The van der Waals surface area contributed by atoms with Crippen LogP contribution in [0.15, 0.2) is 12.1 Å². The van der Waals surface area contributed by atoms with Gasteiger partial charge < -0.3 is 4.90 Å². The molecular weight excluding hydrogens is 319 g/mol. The number of halogens is 2. The molecule has 1 aromatic rings. The van der Waals surface area contributed by atoms with Gasteiger partial charge in [0.25, 0.3) is 0 Å². The number of benzene rings is 1. The fourth-order valence-electron chi connectivity index (χ4n) is 2.28. The van der Waals surface area contributed by atoms with Gasteiger partial charge in [-0.15, -0.1) is 0 Å². The average molecular weight is 335 g/mol. The number of sulfonamides is 1. The molecule has 0 saturated heterocycles. The van der Waals surface area contributed by atoms with Gasteiger partial charge in [0.15, 0.2) is 0 Å². The number of anilines is 1. The van der Waals surface area contributed by atoms with Crippen LogP contribution >= 0.6 is 11.6 Å². The predicted octanol–water partition coefficient (Wildman–Crippen LogP) is 1.65. The Hall–Kier alpha value is -1.18. The molecule has 0 unspecified atom stereocenters. The Kier molecular flexibility index (Phi) is 4.55. The molecule has 0 atom stereocenters. The van der Waals surface area contributed by atoms with Gasteiger partial charge in [-0.25, -0.2) is 12.8 Å². The third-order valence-corrected chi connectivity index (χ3v) is 5.10. The molecule has 5 nitrogen and oxygen atoms in total. The number of rotatable bonds is 3. The highest BCUT2D eigenvalue weighted by molar-refractivity contribution is 7.88. The number of hydrogen-bond acceptors (Lipinski definition) is 3. The summed E-state index contributed by atoms with van der Waals surface area (Å²) in [5.74, 6) is -0.991. The van der Waals surface area contributed by atoms with Crippen LogP contribution in [0.25, 0.3) is 0 Å². The highest BCUT2D eigenvalue weighted by Gasteiger charge is 2.29. The topological polar surface area (TPSA) is 57.7 Å². The van der Waals surface area contributed by atoms with Crippen LogP contribution in [0.4, 0.5) is 10.1 Å². The maximum atomic E-state index is 14.0. The lowest BCUT2D eigenvalue weighted by Gasteiger charge is -2.31. The smallest absolute Gasteiger partial charge is 0.242 e. The molecule has 1 heterocycles. The summed E-state index contributed by atoms with van der Waals surface area (Å²) in [5, 5.41) is 0.417. The summed E-state index contributed by atoms with van der Waals surface area (Å²) in [6.07, 6.45) is 2.27. The van der Waals surface area contributed by atoms with E-state index in [2.05, 4.69) is 0 Å². The van der Waals surface area contributed by atoms with Crippen molar-refractivity contribution in [3.05, 3.63) is 28.5 Å².